The number of nitrogens with one attached hydrogen (secondary N) is 1. The quantitative estimate of drug-likeness (QED) is 0.191. The van der Waals surface area contributed by atoms with Crippen molar-refractivity contribution in [2.45, 2.75) is 19.9 Å². The van der Waals surface area contributed by atoms with E-state index in [0.29, 0.717) is 40.8 Å². The lowest BCUT2D eigenvalue weighted by atomic mass is 9.95. The monoisotopic (exact) mass is 496 g/mol. The Kier molecular flexibility index (Phi) is 6.44. The number of ether oxygens (including phenoxy) is 2. The maximum atomic E-state index is 13.4. The lowest BCUT2D eigenvalue weighted by Crippen LogP contribution is -2.29. The van der Waals surface area contributed by atoms with Crippen LogP contribution in [-0.2, 0) is 9.59 Å². The number of para-hydroxylation sites is 1. The molecule has 2 heterocycles. The van der Waals surface area contributed by atoms with E-state index in [1.807, 2.05) is 24.3 Å². The first-order valence-corrected chi connectivity index (χ1v) is 12.1. The van der Waals surface area contributed by atoms with Crippen molar-refractivity contribution in [3.8, 4) is 11.5 Å². The molecule has 1 saturated heterocycles. The van der Waals surface area contributed by atoms with Gasteiger partial charge in [0.1, 0.15) is 17.3 Å². The van der Waals surface area contributed by atoms with E-state index in [4.69, 9.17) is 9.47 Å². The molecule has 0 aliphatic carbocycles. The number of aliphatic hydroxyl groups excluding tert-OH is 1. The number of nitrogens with zero attached hydrogens (tertiary/aromatic N) is 1. The van der Waals surface area contributed by atoms with Gasteiger partial charge in [-0.15, -0.1) is 0 Å². The number of Topliss-reactive ketones (excluding diaryl/α,β-unsaturated/α-hetero) is 1. The lowest BCUT2D eigenvalue weighted by molar-refractivity contribution is -0.132. The van der Waals surface area contributed by atoms with Gasteiger partial charge in [0.05, 0.1) is 25.3 Å². The Morgan fingerprint density at radius 1 is 0.973 bits per heavy atom. The Bertz CT molecular complexity index is 1480. The predicted octanol–water partition coefficient (Wildman–Crippen LogP) is 5.84. The fraction of sp³-hybridized carbons (Fsp3) is 0.200. The molecule has 0 spiro atoms. The number of rotatable bonds is 7. The summed E-state index contributed by atoms with van der Waals surface area (Å²) in [5.41, 5.74) is 2.50. The van der Waals surface area contributed by atoms with E-state index >= 15 is 0 Å². The van der Waals surface area contributed by atoms with E-state index in [1.54, 1.807) is 61.8 Å². The van der Waals surface area contributed by atoms with Gasteiger partial charge in [-0.25, -0.2) is 0 Å². The Morgan fingerprint density at radius 3 is 2.32 bits per heavy atom. The van der Waals surface area contributed by atoms with Crippen molar-refractivity contribution in [2.24, 2.45) is 5.92 Å². The van der Waals surface area contributed by atoms with Gasteiger partial charge in [-0.3, -0.25) is 14.5 Å². The topological polar surface area (TPSA) is 91.9 Å². The predicted molar refractivity (Wildman–Crippen MR) is 143 cm³/mol. The van der Waals surface area contributed by atoms with E-state index in [9.17, 15) is 14.7 Å². The molecule has 7 heteroatoms. The largest absolute Gasteiger partial charge is 0.507 e. The highest BCUT2D eigenvalue weighted by atomic mass is 16.5. The van der Waals surface area contributed by atoms with Crippen molar-refractivity contribution < 1.29 is 24.2 Å². The summed E-state index contributed by atoms with van der Waals surface area (Å²) in [6.45, 7) is 4.70. The number of ketones is 1. The van der Waals surface area contributed by atoms with Crippen molar-refractivity contribution in [3.05, 3.63) is 95.7 Å². The number of fused-ring (bicyclic) bond motifs is 1. The summed E-state index contributed by atoms with van der Waals surface area (Å²) in [6, 6.07) is 20.8. The minimum atomic E-state index is -0.831. The molecule has 1 atom stereocenters. The van der Waals surface area contributed by atoms with Crippen LogP contribution in [0.1, 0.15) is 31.0 Å². The highest BCUT2D eigenvalue weighted by molar-refractivity contribution is 6.51. The van der Waals surface area contributed by atoms with Crippen molar-refractivity contribution in [2.75, 3.05) is 18.6 Å². The standard InChI is InChI=1S/C30H28N2O5/c1-18(2)17-37-22-14-10-20(11-15-22)32-27(19-8-12-21(36-3)13-9-19)26(29(34)30(32)35)28(33)24-16-31-25-7-5-4-6-23(24)25/h4-16,18,27,31,33H,17H2,1-3H3/b28-26-. The second-order valence-electron chi connectivity index (χ2n) is 9.39. The van der Waals surface area contributed by atoms with Crippen molar-refractivity contribution in [1.29, 1.82) is 0 Å². The molecule has 37 heavy (non-hydrogen) atoms. The number of benzene rings is 3. The van der Waals surface area contributed by atoms with Gasteiger partial charge < -0.3 is 19.6 Å². The van der Waals surface area contributed by atoms with Crippen molar-refractivity contribution in [1.82, 2.24) is 4.98 Å². The van der Waals surface area contributed by atoms with Crippen LogP contribution in [0.5, 0.6) is 11.5 Å². The first-order chi connectivity index (χ1) is 17.9. The fourth-order valence-corrected chi connectivity index (χ4v) is 4.58. The number of aliphatic hydroxyl groups is 1. The number of anilines is 1. The van der Waals surface area contributed by atoms with Crippen LogP contribution < -0.4 is 14.4 Å². The third-order valence-electron chi connectivity index (χ3n) is 6.42. The molecule has 1 aliphatic heterocycles. The van der Waals surface area contributed by atoms with Crippen LogP contribution in [0.3, 0.4) is 0 Å². The maximum absolute atomic E-state index is 13.4. The van der Waals surface area contributed by atoms with Gasteiger partial charge in [0.2, 0.25) is 0 Å². The van der Waals surface area contributed by atoms with E-state index in [0.717, 1.165) is 10.9 Å². The second kappa shape index (κ2) is 9.85. The Labute approximate surface area is 214 Å². The Hall–Kier alpha value is -4.52. The van der Waals surface area contributed by atoms with Gasteiger partial charge >= 0.3 is 0 Å². The van der Waals surface area contributed by atoms with Gasteiger partial charge in [0.15, 0.2) is 0 Å². The minimum absolute atomic E-state index is 0.0278. The summed E-state index contributed by atoms with van der Waals surface area (Å²) in [4.78, 5) is 31.4. The number of amides is 1. The van der Waals surface area contributed by atoms with Gasteiger partial charge in [0.25, 0.3) is 11.7 Å². The molecule has 1 aliphatic rings. The number of hydrogen-bond donors (Lipinski definition) is 2. The minimum Gasteiger partial charge on any atom is -0.507 e. The molecule has 1 aromatic heterocycles. The Morgan fingerprint density at radius 2 is 1.65 bits per heavy atom. The van der Waals surface area contributed by atoms with Gasteiger partial charge in [-0.05, 0) is 53.9 Å². The highest BCUT2D eigenvalue weighted by Gasteiger charge is 2.47. The molecule has 5 rings (SSSR count). The van der Waals surface area contributed by atoms with Crippen molar-refractivity contribution in [3.63, 3.8) is 0 Å². The van der Waals surface area contributed by atoms with E-state index in [2.05, 4.69) is 18.8 Å². The zero-order chi connectivity index (χ0) is 26.1. The molecule has 3 aromatic carbocycles. The SMILES string of the molecule is COc1ccc(C2/C(=C(/O)c3c[nH]c4ccccc34)C(=O)C(=O)N2c2ccc(OCC(C)C)cc2)cc1. The first-order valence-electron chi connectivity index (χ1n) is 12.1. The summed E-state index contributed by atoms with van der Waals surface area (Å²) in [7, 11) is 1.57. The van der Waals surface area contributed by atoms with Gasteiger partial charge in [-0.2, -0.15) is 0 Å². The molecular formula is C30H28N2O5. The molecule has 0 radical (unpaired) electrons. The zero-order valence-corrected chi connectivity index (χ0v) is 20.9. The van der Waals surface area contributed by atoms with Crippen LogP contribution in [0.2, 0.25) is 0 Å². The third-order valence-corrected chi connectivity index (χ3v) is 6.42. The number of carbonyl (C=O) groups is 2. The summed E-state index contributed by atoms with van der Waals surface area (Å²) in [5.74, 6) is 0.00713. The number of hydrogen-bond acceptors (Lipinski definition) is 5. The first kappa shape index (κ1) is 24.2. The molecular weight excluding hydrogens is 468 g/mol. The van der Waals surface area contributed by atoms with Crippen molar-refractivity contribution >= 4 is 34.0 Å². The van der Waals surface area contributed by atoms with E-state index in [-0.39, 0.29) is 11.3 Å². The average molecular weight is 497 g/mol. The number of methoxy groups -OCH3 is 1. The normalized spacial score (nSPS) is 17.1. The molecule has 0 bridgehead atoms. The maximum Gasteiger partial charge on any atom is 0.300 e. The summed E-state index contributed by atoms with van der Waals surface area (Å²) < 4.78 is 11.1. The molecule has 2 N–H and O–H groups in total. The molecule has 1 amide bonds. The zero-order valence-electron chi connectivity index (χ0n) is 20.9. The highest BCUT2D eigenvalue weighted by Crippen LogP contribution is 2.43. The summed E-state index contributed by atoms with van der Waals surface area (Å²) in [6.07, 6.45) is 1.65. The number of aromatic amines is 1. The van der Waals surface area contributed by atoms with Gasteiger partial charge in [-0.1, -0.05) is 44.2 Å². The number of aromatic nitrogens is 1. The van der Waals surface area contributed by atoms with Crippen LogP contribution >= 0.6 is 0 Å². The average Bonchev–Trinajstić information content (AvgIpc) is 3.46. The van der Waals surface area contributed by atoms with E-state index in [1.165, 1.54) is 4.90 Å². The number of carbonyl (C=O) groups excluding carboxylic acids is 2. The van der Waals surface area contributed by atoms with Crippen LogP contribution in [0.4, 0.5) is 5.69 Å². The smallest absolute Gasteiger partial charge is 0.300 e. The van der Waals surface area contributed by atoms with Gasteiger partial charge in [0, 0.05) is 28.4 Å². The number of H-pyrrole nitrogens is 1. The molecule has 188 valence electrons. The molecule has 1 unspecified atom stereocenters. The summed E-state index contributed by atoms with van der Waals surface area (Å²) >= 11 is 0. The second-order valence-corrected chi connectivity index (χ2v) is 9.39. The van der Waals surface area contributed by atoms with Crippen LogP contribution in [0, 0.1) is 5.92 Å². The van der Waals surface area contributed by atoms with E-state index < -0.39 is 17.7 Å². The van der Waals surface area contributed by atoms with Crippen LogP contribution in [-0.4, -0.2) is 35.5 Å². The third kappa shape index (κ3) is 4.44. The Balaban J connectivity index is 1.64. The molecule has 4 aromatic rings. The van der Waals surface area contributed by atoms with Crippen LogP contribution in [0.25, 0.3) is 16.7 Å². The summed E-state index contributed by atoms with van der Waals surface area (Å²) in [5, 5.41) is 12.2. The molecule has 1 fully saturated rings. The fourth-order valence-electron chi connectivity index (χ4n) is 4.58. The lowest BCUT2D eigenvalue weighted by Gasteiger charge is -2.25. The molecule has 7 nitrogen and oxygen atoms in total. The molecule has 0 saturated carbocycles. The van der Waals surface area contributed by atoms with Crippen LogP contribution in [0.15, 0.2) is 84.6 Å².